The number of amides is 2. The Bertz CT molecular complexity index is 666. The Morgan fingerprint density at radius 3 is 2.48 bits per heavy atom. The number of aryl methyl sites for hydroxylation is 1. The van der Waals surface area contributed by atoms with Crippen molar-refractivity contribution in [3.63, 3.8) is 0 Å². The van der Waals surface area contributed by atoms with Gasteiger partial charge in [0.25, 0.3) is 0 Å². The third-order valence-corrected chi connectivity index (χ3v) is 2.49. The lowest BCUT2D eigenvalue weighted by molar-refractivity contribution is -0.139. The summed E-state index contributed by atoms with van der Waals surface area (Å²) in [6, 6.07) is 1.44. The Labute approximate surface area is 116 Å². The molecule has 2 amide bonds. The molecule has 1 heterocycles. The van der Waals surface area contributed by atoms with E-state index < -0.39 is 23.6 Å². The molecule has 2 rings (SSSR count). The molecule has 21 heavy (non-hydrogen) atoms. The van der Waals surface area contributed by atoms with Crippen LogP contribution in [0.4, 0.5) is 33.7 Å². The summed E-state index contributed by atoms with van der Waals surface area (Å²) in [5.41, 5.74) is -1.25. The highest BCUT2D eigenvalue weighted by atomic mass is 19.4. The van der Waals surface area contributed by atoms with Gasteiger partial charge in [-0.25, -0.2) is 9.18 Å². The zero-order chi connectivity index (χ0) is 15.6. The lowest BCUT2D eigenvalue weighted by Crippen LogP contribution is -2.19. The number of carbonyl (C=O) groups is 1. The van der Waals surface area contributed by atoms with Crippen LogP contribution >= 0.6 is 0 Å². The number of anilines is 2. The molecule has 0 saturated heterocycles. The van der Waals surface area contributed by atoms with Gasteiger partial charge in [0.15, 0.2) is 0 Å². The van der Waals surface area contributed by atoms with Gasteiger partial charge in [-0.3, -0.25) is 4.68 Å². The predicted octanol–water partition coefficient (Wildman–Crippen LogP) is 3.22. The van der Waals surface area contributed by atoms with Gasteiger partial charge in [-0.2, -0.15) is 18.3 Å². The molecule has 9 heteroatoms. The van der Waals surface area contributed by atoms with Crippen molar-refractivity contribution in [1.82, 2.24) is 9.78 Å². The minimum Gasteiger partial charge on any atom is -0.308 e. The fourth-order valence-electron chi connectivity index (χ4n) is 1.60. The van der Waals surface area contributed by atoms with Crippen LogP contribution < -0.4 is 10.6 Å². The molecule has 1 aromatic carbocycles. The van der Waals surface area contributed by atoms with Crippen molar-refractivity contribution in [2.24, 2.45) is 7.05 Å². The number of aromatic nitrogens is 2. The van der Waals surface area contributed by atoms with Crippen LogP contribution in [0.1, 0.15) is 5.56 Å². The Morgan fingerprint density at radius 2 is 1.90 bits per heavy atom. The quantitative estimate of drug-likeness (QED) is 0.837. The van der Waals surface area contributed by atoms with E-state index in [2.05, 4.69) is 15.7 Å². The molecule has 0 fully saturated rings. The minimum atomic E-state index is -4.83. The van der Waals surface area contributed by atoms with E-state index in [1.54, 1.807) is 7.05 Å². The smallest absolute Gasteiger partial charge is 0.308 e. The number of alkyl halides is 3. The number of hydrogen-bond acceptors (Lipinski definition) is 2. The molecule has 1 aromatic heterocycles. The Kier molecular flexibility index (Phi) is 3.83. The zero-order valence-electron chi connectivity index (χ0n) is 10.7. The number of benzene rings is 1. The van der Waals surface area contributed by atoms with Gasteiger partial charge in [0.2, 0.25) is 0 Å². The SMILES string of the molecule is Cn1cc(NC(=O)Nc2ccc(F)c(C(F)(F)F)c2)cn1. The summed E-state index contributed by atoms with van der Waals surface area (Å²) in [4.78, 5) is 11.6. The number of nitrogens with zero attached hydrogens (tertiary/aromatic N) is 2. The summed E-state index contributed by atoms with van der Waals surface area (Å²) >= 11 is 0. The molecule has 2 N–H and O–H groups in total. The Morgan fingerprint density at radius 1 is 1.24 bits per heavy atom. The van der Waals surface area contributed by atoms with Crippen molar-refractivity contribution in [3.05, 3.63) is 42.0 Å². The first-order chi connectivity index (χ1) is 9.75. The maximum atomic E-state index is 13.1. The zero-order valence-corrected chi connectivity index (χ0v) is 10.7. The van der Waals surface area contributed by atoms with Crippen molar-refractivity contribution in [2.75, 3.05) is 10.6 Å². The van der Waals surface area contributed by atoms with Crippen LogP contribution in [0.15, 0.2) is 30.6 Å². The van der Waals surface area contributed by atoms with E-state index in [0.29, 0.717) is 17.8 Å². The summed E-state index contributed by atoms with van der Waals surface area (Å²) in [5, 5.41) is 8.37. The molecule has 0 aliphatic heterocycles. The van der Waals surface area contributed by atoms with Gasteiger partial charge in [-0.05, 0) is 18.2 Å². The fraction of sp³-hybridized carbons (Fsp3) is 0.167. The molecule has 112 valence electrons. The van der Waals surface area contributed by atoms with Gasteiger partial charge in [-0.15, -0.1) is 0 Å². The van der Waals surface area contributed by atoms with E-state index in [4.69, 9.17) is 0 Å². The molecule has 0 spiro atoms. The molecule has 2 aromatic rings. The van der Waals surface area contributed by atoms with Gasteiger partial charge in [0, 0.05) is 18.9 Å². The third-order valence-electron chi connectivity index (χ3n) is 2.49. The van der Waals surface area contributed by atoms with E-state index in [-0.39, 0.29) is 5.69 Å². The molecule has 0 saturated carbocycles. The van der Waals surface area contributed by atoms with Gasteiger partial charge < -0.3 is 10.6 Å². The second-order valence-electron chi connectivity index (χ2n) is 4.17. The van der Waals surface area contributed by atoms with Crippen LogP contribution in [0.2, 0.25) is 0 Å². The number of hydrogen-bond donors (Lipinski definition) is 2. The molecule has 0 aliphatic rings. The Balaban J connectivity index is 2.11. The molecule has 0 bridgehead atoms. The van der Waals surface area contributed by atoms with Crippen molar-refractivity contribution in [1.29, 1.82) is 0 Å². The maximum absolute atomic E-state index is 13.1. The summed E-state index contributed by atoms with van der Waals surface area (Å²) in [6.45, 7) is 0. The standard InChI is InChI=1S/C12H10F4N4O/c1-20-6-8(5-17-20)19-11(21)18-7-2-3-10(13)9(4-7)12(14,15)16/h2-6H,1H3,(H2,18,19,21). The molecule has 0 unspecified atom stereocenters. The van der Waals surface area contributed by atoms with E-state index >= 15 is 0 Å². The van der Waals surface area contributed by atoms with E-state index in [0.717, 1.165) is 6.07 Å². The monoisotopic (exact) mass is 302 g/mol. The third kappa shape index (κ3) is 3.71. The summed E-state index contributed by atoms with van der Waals surface area (Å²) < 4.78 is 52.1. The lowest BCUT2D eigenvalue weighted by Gasteiger charge is -2.11. The maximum Gasteiger partial charge on any atom is 0.419 e. The lowest BCUT2D eigenvalue weighted by atomic mass is 10.2. The van der Waals surface area contributed by atoms with Crippen LogP contribution in [-0.4, -0.2) is 15.8 Å². The molecule has 5 nitrogen and oxygen atoms in total. The largest absolute Gasteiger partial charge is 0.419 e. The van der Waals surface area contributed by atoms with E-state index in [1.807, 2.05) is 0 Å². The van der Waals surface area contributed by atoms with Crippen molar-refractivity contribution >= 4 is 17.4 Å². The normalized spacial score (nSPS) is 11.3. The van der Waals surface area contributed by atoms with E-state index in [1.165, 1.54) is 17.1 Å². The molecular weight excluding hydrogens is 292 g/mol. The number of urea groups is 1. The van der Waals surface area contributed by atoms with Crippen molar-refractivity contribution < 1.29 is 22.4 Å². The molecular formula is C12H10F4N4O. The summed E-state index contributed by atoms with van der Waals surface area (Å²) in [6.07, 6.45) is -1.96. The number of rotatable bonds is 2. The predicted molar refractivity (Wildman–Crippen MR) is 67.3 cm³/mol. The molecule has 0 atom stereocenters. The molecule has 0 radical (unpaired) electrons. The number of carbonyl (C=O) groups excluding carboxylic acids is 1. The first kappa shape index (κ1) is 14.8. The highest BCUT2D eigenvalue weighted by Gasteiger charge is 2.34. The molecule has 0 aliphatic carbocycles. The van der Waals surface area contributed by atoms with Crippen LogP contribution in [-0.2, 0) is 13.2 Å². The van der Waals surface area contributed by atoms with Gasteiger partial charge in [0.05, 0.1) is 17.4 Å². The second-order valence-corrected chi connectivity index (χ2v) is 4.17. The highest BCUT2D eigenvalue weighted by Crippen LogP contribution is 2.32. The first-order valence-electron chi connectivity index (χ1n) is 5.69. The van der Waals surface area contributed by atoms with Crippen LogP contribution in [0, 0.1) is 5.82 Å². The number of halogens is 4. The second kappa shape index (κ2) is 5.43. The fourth-order valence-corrected chi connectivity index (χ4v) is 1.60. The van der Waals surface area contributed by atoms with Gasteiger partial charge >= 0.3 is 12.2 Å². The minimum absolute atomic E-state index is 0.176. The summed E-state index contributed by atoms with van der Waals surface area (Å²) in [7, 11) is 1.64. The summed E-state index contributed by atoms with van der Waals surface area (Å²) in [5.74, 6) is -1.40. The van der Waals surface area contributed by atoms with Gasteiger partial charge in [-0.1, -0.05) is 0 Å². The first-order valence-corrected chi connectivity index (χ1v) is 5.69. The topological polar surface area (TPSA) is 59.0 Å². The van der Waals surface area contributed by atoms with Crippen LogP contribution in [0.5, 0.6) is 0 Å². The van der Waals surface area contributed by atoms with Crippen LogP contribution in [0.25, 0.3) is 0 Å². The van der Waals surface area contributed by atoms with Crippen LogP contribution in [0.3, 0.4) is 0 Å². The Hall–Kier alpha value is -2.58. The van der Waals surface area contributed by atoms with Gasteiger partial charge in [0.1, 0.15) is 5.82 Å². The average Bonchev–Trinajstić information content (AvgIpc) is 2.75. The van der Waals surface area contributed by atoms with Crippen molar-refractivity contribution in [2.45, 2.75) is 6.18 Å². The number of nitrogens with one attached hydrogen (secondary N) is 2. The van der Waals surface area contributed by atoms with E-state index in [9.17, 15) is 22.4 Å². The highest BCUT2D eigenvalue weighted by molar-refractivity contribution is 5.99. The average molecular weight is 302 g/mol. The van der Waals surface area contributed by atoms with Crippen molar-refractivity contribution in [3.8, 4) is 0 Å².